The lowest BCUT2D eigenvalue weighted by Gasteiger charge is -2.20. The Bertz CT molecular complexity index is 1530. The quantitative estimate of drug-likeness (QED) is 0.243. The molecule has 0 saturated heterocycles. The Hall–Kier alpha value is -3.63. The molecule has 0 bridgehead atoms. The van der Waals surface area contributed by atoms with Gasteiger partial charge in [-0.25, -0.2) is 13.4 Å². The van der Waals surface area contributed by atoms with E-state index in [1.165, 1.54) is 23.5 Å². The van der Waals surface area contributed by atoms with Gasteiger partial charge < -0.3 is 9.30 Å². The number of benzene rings is 3. The number of halogens is 3. The number of alkyl halides is 3. The first-order valence-corrected chi connectivity index (χ1v) is 13.7. The topological polar surface area (TPSA) is 64.4 Å². The zero-order valence-corrected chi connectivity index (χ0v) is 22.9. The van der Waals surface area contributed by atoms with Crippen LogP contribution in [0.5, 0.6) is 5.75 Å². The number of aryl methyl sites for hydroxylation is 1. The summed E-state index contributed by atoms with van der Waals surface area (Å²) in [5.74, 6) is 0.570. The van der Waals surface area contributed by atoms with Gasteiger partial charge in [0.2, 0.25) is 10.0 Å². The minimum atomic E-state index is -4.39. The van der Waals surface area contributed by atoms with Gasteiger partial charge in [-0.05, 0) is 65.4 Å². The maximum Gasteiger partial charge on any atom is 0.416 e. The van der Waals surface area contributed by atoms with Crippen molar-refractivity contribution >= 4 is 10.0 Å². The van der Waals surface area contributed by atoms with Gasteiger partial charge in [0.05, 0.1) is 29.6 Å². The van der Waals surface area contributed by atoms with Crippen molar-refractivity contribution in [2.45, 2.75) is 36.9 Å². The number of rotatable bonds is 9. The first-order valence-electron chi connectivity index (χ1n) is 12.3. The fraction of sp³-hybridized carbons (Fsp3) is 0.276. The standard InChI is InChI=1S/C29H30F3N3O3S/c1-20(22-7-10-24(11-8-22)29(30,31)32)15-23-9-14-26(16-27(23)28-18-34(2)19-33-28)39(36,37)35(3)17-21-5-12-25(38-4)13-6-21/h5-14,16,18-20H,15,17H2,1-4H3/t20-/m1/s1. The van der Waals surface area contributed by atoms with E-state index >= 15 is 0 Å². The number of methoxy groups -OCH3 is 1. The number of ether oxygens (including phenoxy) is 1. The average Bonchev–Trinajstić information content (AvgIpc) is 3.34. The predicted octanol–water partition coefficient (Wildman–Crippen LogP) is 6.28. The van der Waals surface area contributed by atoms with Crippen LogP contribution >= 0.6 is 0 Å². The lowest BCUT2D eigenvalue weighted by molar-refractivity contribution is -0.137. The molecule has 0 fully saturated rings. The van der Waals surface area contributed by atoms with Crippen molar-refractivity contribution in [2.75, 3.05) is 14.2 Å². The molecule has 0 unspecified atom stereocenters. The molecule has 0 amide bonds. The van der Waals surface area contributed by atoms with Crippen molar-refractivity contribution < 1.29 is 26.3 Å². The molecule has 1 aromatic heterocycles. The molecule has 10 heteroatoms. The first-order chi connectivity index (χ1) is 18.4. The second kappa shape index (κ2) is 11.2. The molecule has 6 nitrogen and oxygen atoms in total. The van der Waals surface area contributed by atoms with Crippen LogP contribution in [0.25, 0.3) is 11.3 Å². The van der Waals surface area contributed by atoms with Gasteiger partial charge >= 0.3 is 6.18 Å². The summed E-state index contributed by atoms with van der Waals surface area (Å²) in [6, 6.07) is 17.3. The third-order valence-electron chi connectivity index (χ3n) is 6.67. The number of hydrogen-bond donors (Lipinski definition) is 0. The normalized spacial score (nSPS) is 13.0. The highest BCUT2D eigenvalue weighted by Gasteiger charge is 2.30. The molecule has 0 N–H and O–H groups in total. The molecule has 4 rings (SSSR count). The van der Waals surface area contributed by atoms with E-state index in [1.54, 1.807) is 54.5 Å². The highest BCUT2D eigenvalue weighted by atomic mass is 32.2. The molecule has 0 saturated carbocycles. The van der Waals surface area contributed by atoms with E-state index in [4.69, 9.17) is 4.74 Å². The Kier molecular flexibility index (Phi) is 8.17. The molecule has 1 atom stereocenters. The Balaban J connectivity index is 1.63. The molecule has 0 radical (unpaired) electrons. The van der Waals surface area contributed by atoms with Crippen molar-refractivity contribution in [1.82, 2.24) is 13.9 Å². The molecule has 3 aromatic carbocycles. The number of imidazole rings is 1. The van der Waals surface area contributed by atoms with Crippen molar-refractivity contribution in [2.24, 2.45) is 7.05 Å². The fourth-order valence-corrected chi connectivity index (χ4v) is 5.57. The van der Waals surface area contributed by atoms with Crippen molar-refractivity contribution in [3.8, 4) is 17.0 Å². The van der Waals surface area contributed by atoms with Gasteiger partial charge in [-0.3, -0.25) is 0 Å². The van der Waals surface area contributed by atoms with Crippen LogP contribution in [0.3, 0.4) is 0 Å². The van der Waals surface area contributed by atoms with Crippen LogP contribution in [0, 0.1) is 0 Å². The fourth-order valence-electron chi connectivity index (χ4n) is 4.39. The van der Waals surface area contributed by atoms with Crippen LogP contribution < -0.4 is 4.74 Å². The summed E-state index contributed by atoms with van der Waals surface area (Å²) in [4.78, 5) is 4.56. The smallest absolute Gasteiger partial charge is 0.416 e. The molecule has 0 aliphatic heterocycles. The number of hydrogen-bond acceptors (Lipinski definition) is 4. The molecule has 0 aliphatic rings. The third-order valence-corrected chi connectivity index (χ3v) is 8.47. The second-order valence-electron chi connectivity index (χ2n) is 9.58. The summed E-state index contributed by atoms with van der Waals surface area (Å²) in [5.41, 5.74) is 2.99. The third kappa shape index (κ3) is 6.51. The average molecular weight is 558 g/mol. The van der Waals surface area contributed by atoms with Crippen LogP contribution in [-0.4, -0.2) is 36.4 Å². The van der Waals surface area contributed by atoms with E-state index in [0.717, 1.165) is 28.8 Å². The zero-order valence-electron chi connectivity index (χ0n) is 22.1. The van der Waals surface area contributed by atoms with Gasteiger partial charge in [-0.2, -0.15) is 17.5 Å². The van der Waals surface area contributed by atoms with Crippen LogP contribution in [0.2, 0.25) is 0 Å². The van der Waals surface area contributed by atoms with E-state index in [-0.39, 0.29) is 17.4 Å². The van der Waals surface area contributed by atoms with Gasteiger partial charge in [-0.1, -0.05) is 37.3 Å². The minimum Gasteiger partial charge on any atom is -0.497 e. The highest BCUT2D eigenvalue weighted by Crippen LogP contribution is 2.33. The lowest BCUT2D eigenvalue weighted by Crippen LogP contribution is -2.26. The first kappa shape index (κ1) is 28.4. The summed E-state index contributed by atoms with van der Waals surface area (Å²) in [7, 11) is 1.09. The van der Waals surface area contributed by atoms with Crippen LogP contribution in [-0.2, 0) is 36.2 Å². The molecule has 1 heterocycles. The Labute approximate surface area is 226 Å². The maximum absolute atomic E-state index is 13.5. The molecule has 206 valence electrons. The number of nitrogens with zero attached hydrogens (tertiary/aromatic N) is 3. The van der Waals surface area contributed by atoms with Crippen LogP contribution in [0.4, 0.5) is 13.2 Å². The van der Waals surface area contributed by atoms with E-state index in [2.05, 4.69) is 4.98 Å². The van der Waals surface area contributed by atoms with Gasteiger partial charge in [0.25, 0.3) is 0 Å². The monoisotopic (exact) mass is 557 g/mol. The zero-order chi connectivity index (χ0) is 28.4. The van der Waals surface area contributed by atoms with Gasteiger partial charge in [0.15, 0.2) is 0 Å². The Morgan fingerprint density at radius 2 is 1.69 bits per heavy atom. The van der Waals surface area contributed by atoms with Crippen molar-refractivity contribution in [3.63, 3.8) is 0 Å². The van der Waals surface area contributed by atoms with Gasteiger partial charge in [-0.15, -0.1) is 0 Å². The molecule has 39 heavy (non-hydrogen) atoms. The summed E-state index contributed by atoms with van der Waals surface area (Å²) in [5, 5.41) is 0. The lowest BCUT2D eigenvalue weighted by atomic mass is 9.90. The minimum absolute atomic E-state index is 0.116. The summed E-state index contributed by atoms with van der Waals surface area (Å²) < 4.78 is 74.2. The second-order valence-corrected chi connectivity index (χ2v) is 11.6. The van der Waals surface area contributed by atoms with Crippen LogP contribution in [0.15, 0.2) is 84.1 Å². The van der Waals surface area contributed by atoms with E-state index in [1.807, 2.05) is 26.1 Å². The SMILES string of the molecule is COc1ccc(CN(C)S(=O)(=O)c2ccc(C[C@@H](C)c3ccc(C(F)(F)F)cc3)c(-c3cn(C)cn3)c2)cc1. The van der Waals surface area contributed by atoms with Crippen molar-refractivity contribution in [1.29, 1.82) is 0 Å². The summed E-state index contributed by atoms with van der Waals surface area (Å²) in [6.07, 6.45) is -0.469. The Morgan fingerprint density at radius 1 is 1.03 bits per heavy atom. The highest BCUT2D eigenvalue weighted by molar-refractivity contribution is 7.89. The van der Waals surface area contributed by atoms with E-state index in [0.29, 0.717) is 23.4 Å². The largest absolute Gasteiger partial charge is 0.497 e. The molecular weight excluding hydrogens is 527 g/mol. The number of aromatic nitrogens is 2. The predicted molar refractivity (Wildman–Crippen MR) is 144 cm³/mol. The van der Waals surface area contributed by atoms with Gasteiger partial charge in [0, 0.05) is 32.4 Å². The summed E-state index contributed by atoms with van der Waals surface area (Å²) >= 11 is 0. The van der Waals surface area contributed by atoms with E-state index in [9.17, 15) is 21.6 Å². The molecular formula is C29H30F3N3O3S. The van der Waals surface area contributed by atoms with Gasteiger partial charge in [0.1, 0.15) is 5.75 Å². The van der Waals surface area contributed by atoms with Crippen LogP contribution in [0.1, 0.15) is 35.1 Å². The van der Waals surface area contributed by atoms with E-state index < -0.39 is 21.8 Å². The maximum atomic E-state index is 13.5. The Morgan fingerprint density at radius 3 is 2.26 bits per heavy atom. The molecule has 0 aliphatic carbocycles. The molecule has 0 spiro atoms. The molecule has 4 aromatic rings. The summed E-state index contributed by atoms with van der Waals surface area (Å²) in [6.45, 7) is 2.11. The van der Waals surface area contributed by atoms with Crippen molar-refractivity contribution in [3.05, 3.63) is 102 Å². The number of sulfonamides is 1.